The van der Waals surface area contributed by atoms with Crippen molar-refractivity contribution in [2.24, 2.45) is 0 Å². The summed E-state index contributed by atoms with van der Waals surface area (Å²) in [7, 11) is 0. The van der Waals surface area contributed by atoms with Crippen molar-refractivity contribution in [1.29, 1.82) is 0 Å². The third kappa shape index (κ3) is 4.71. The molecule has 2 amide bonds. The van der Waals surface area contributed by atoms with Crippen LogP contribution in [0.15, 0.2) is 30.3 Å². The number of anilines is 1. The zero-order valence-corrected chi connectivity index (χ0v) is 15.9. The van der Waals surface area contributed by atoms with E-state index in [4.69, 9.17) is 4.74 Å². The number of nitro benzene ring substituents is 1. The molecule has 1 aliphatic rings. The van der Waals surface area contributed by atoms with Crippen molar-refractivity contribution in [3.63, 3.8) is 0 Å². The van der Waals surface area contributed by atoms with E-state index in [1.165, 1.54) is 35.6 Å². The molecular weight excluding hydrogens is 384 g/mol. The molecule has 28 heavy (non-hydrogen) atoms. The molecule has 0 saturated carbocycles. The zero-order chi connectivity index (χ0) is 20.1. The molecule has 2 heterocycles. The van der Waals surface area contributed by atoms with E-state index >= 15 is 0 Å². The summed E-state index contributed by atoms with van der Waals surface area (Å²) in [6.07, 6.45) is 3.04. The van der Waals surface area contributed by atoms with Gasteiger partial charge in [0.1, 0.15) is 0 Å². The minimum Gasteiger partial charge on any atom is -0.450 e. The number of nitrogens with one attached hydrogen (secondary N) is 1. The number of thiazole rings is 1. The number of aromatic nitrogens is 1. The number of carbonyl (C=O) groups excluding carboxylic acids is 2. The molecule has 1 N–H and O–H groups in total. The highest BCUT2D eigenvalue weighted by atomic mass is 32.1. The van der Waals surface area contributed by atoms with E-state index in [-0.39, 0.29) is 17.7 Å². The van der Waals surface area contributed by atoms with Crippen LogP contribution >= 0.6 is 11.3 Å². The van der Waals surface area contributed by atoms with Gasteiger partial charge in [0.15, 0.2) is 5.13 Å². The summed E-state index contributed by atoms with van der Waals surface area (Å²) in [6, 6.07) is 6.00. The highest BCUT2D eigenvalue weighted by molar-refractivity contribution is 7.15. The number of non-ortho nitro benzene ring substituents is 1. The molecule has 0 saturated heterocycles. The Bertz CT molecular complexity index is 940. The fourth-order valence-electron chi connectivity index (χ4n) is 2.68. The van der Waals surface area contributed by atoms with Gasteiger partial charge in [-0.15, -0.1) is 0 Å². The Hall–Kier alpha value is -3.27. The smallest absolute Gasteiger partial charge is 0.410 e. The summed E-state index contributed by atoms with van der Waals surface area (Å²) in [5.74, 6) is -0.389. The van der Waals surface area contributed by atoms with E-state index in [0.717, 1.165) is 10.6 Å². The van der Waals surface area contributed by atoms with Gasteiger partial charge in [-0.05, 0) is 18.6 Å². The summed E-state index contributed by atoms with van der Waals surface area (Å²) < 4.78 is 5.02. The molecule has 0 unspecified atom stereocenters. The Morgan fingerprint density at radius 3 is 3.04 bits per heavy atom. The molecule has 0 bridgehead atoms. The predicted molar refractivity (Wildman–Crippen MR) is 104 cm³/mol. The molecular formula is C18H18N4O5S. The largest absolute Gasteiger partial charge is 0.450 e. The van der Waals surface area contributed by atoms with Crippen LogP contribution in [0.3, 0.4) is 0 Å². The molecule has 0 atom stereocenters. The van der Waals surface area contributed by atoms with Crippen LogP contribution in [-0.2, 0) is 22.5 Å². The monoisotopic (exact) mass is 402 g/mol. The number of benzene rings is 1. The molecule has 0 spiro atoms. The molecule has 0 fully saturated rings. The summed E-state index contributed by atoms with van der Waals surface area (Å²) >= 11 is 1.32. The number of hydrogen-bond donors (Lipinski definition) is 1. The number of amides is 2. The molecule has 1 aromatic carbocycles. The maximum absolute atomic E-state index is 12.1. The average Bonchev–Trinajstić information content (AvgIpc) is 3.08. The van der Waals surface area contributed by atoms with Crippen molar-refractivity contribution in [3.8, 4) is 0 Å². The van der Waals surface area contributed by atoms with Crippen LogP contribution in [0.25, 0.3) is 6.08 Å². The molecule has 1 aliphatic heterocycles. The van der Waals surface area contributed by atoms with Gasteiger partial charge in [-0.25, -0.2) is 9.78 Å². The predicted octanol–water partition coefficient (Wildman–Crippen LogP) is 3.22. The molecule has 10 heteroatoms. The maximum atomic E-state index is 12.1. The van der Waals surface area contributed by atoms with Crippen LogP contribution in [-0.4, -0.2) is 40.0 Å². The second kappa shape index (κ2) is 8.61. The van der Waals surface area contributed by atoms with Crippen molar-refractivity contribution in [1.82, 2.24) is 9.88 Å². The SMILES string of the molecule is CCOC(=O)N1CCc2nc(NC(=O)/C=C/c3cccc([N+](=O)[O-])c3)sc2C1. The van der Waals surface area contributed by atoms with Crippen LogP contribution in [0.2, 0.25) is 0 Å². The van der Waals surface area contributed by atoms with Gasteiger partial charge in [0, 0.05) is 36.1 Å². The standard InChI is InChI=1S/C18H18N4O5S/c1-2-27-18(24)21-9-8-14-15(11-21)28-17(19-14)20-16(23)7-6-12-4-3-5-13(10-12)22(25)26/h3-7,10H,2,8-9,11H2,1H3,(H,19,20,23)/b7-6+. The number of fused-ring (bicyclic) bond motifs is 1. The van der Waals surface area contributed by atoms with Crippen molar-refractivity contribution in [2.75, 3.05) is 18.5 Å². The Morgan fingerprint density at radius 2 is 2.29 bits per heavy atom. The third-order valence-electron chi connectivity index (χ3n) is 4.00. The lowest BCUT2D eigenvalue weighted by molar-refractivity contribution is -0.384. The van der Waals surface area contributed by atoms with E-state index in [1.54, 1.807) is 24.0 Å². The minimum atomic E-state index is -0.489. The van der Waals surface area contributed by atoms with E-state index < -0.39 is 4.92 Å². The van der Waals surface area contributed by atoms with Gasteiger partial charge in [-0.3, -0.25) is 20.2 Å². The number of nitro groups is 1. The topological polar surface area (TPSA) is 115 Å². The van der Waals surface area contributed by atoms with Gasteiger partial charge in [-0.2, -0.15) is 0 Å². The first-order chi connectivity index (χ1) is 13.5. The van der Waals surface area contributed by atoms with Crippen molar-refractivity contribution in [2.45, 2.75) is 19.9 Å². The molecule has 9 nitrogen and oxygen atoms in total. The molecule has 2 aromatic rings. The van der Waals surface area contributed by atoms with E-state index in [0.29, 0.717) is 36.8 Å². The second-order valence-electron chi connectivity index (χ2n) is 5.93. The van der Waals surface area contributed by atoms with Gasteiger partial charge in [-0.1, -0.05) is 23.5 Å². The van der Waals surface area contributed by atoms with Gasteiger partial charge >= 0.3 is 6.09 Å². The zero-order valence-electron chi connectivity index (χ0n) is 15.1. The first kappa shape index (κ1) is 19.5. The molecule has 3 rings (SSSR count). The van der Waals surface area contributed by atoms with Crippen molar-refractivity contribution >= 4 is 40.2 Å². The number of ether oxygens (including phenoxy) is 1. The lowest BCUT2D eigenvalue weighted by atomic mass is 10.2. The van der Waals surface area contributed by atoms with Gasteiger partial charge in [0.05, 0.1) is 23.8 Å². The summed E-state index contributed by atoms with van der Waals surface area (Å²) in [4.78, 5) is 41.2. The Morgan fingerprint density at radius 1 is 1.46 bits per heavy atom. The first-order valence-electron chi connectivity index (χ1n) is 8.60. The fraction of sp³-hybridized carbons (Fsp3) is 0.278. The van der Waals surface area contributed by atoms with Gasteiger partial charge in [0.2, 0.25) is 5.91 Å². The molecule has 0 radical (unpaired) electrons. The van der Waals surface area contributed by atoms with E-state index in [9.17, 15) is 19.7 Å². The Labute approximate surface area is 164 Å². The molecule has 1 aromatic heterocycles. The maximum Gasteiger partial charge on any atom is 0.410 e. The summed E-state index contributed by atoms with van der Waals surface area (Å²) in [6.45, 7) is 3.01. The van der Waals surface area contributed by atoms with Crippen LogP contribution in [0.4, 0.5) is 15.6 Å². The minimum absolute atomic E-state index is 0.0405. The van der Waals surface area contributed by atoms with Gasteiger partial charge in [0.25, 0.3) is 5.69 Å². The van der Waals surface area contributed by atoms with Gasteiger partial charge < -0.3 is 9.64 Å². The highest BCUT2D eigenvalue weighted by Crippen LogP contribution is 2.28. The number of rotatable bonds is 5. The van der Waals surface area contributed by atoms with Crippen LogP contribution in [0, 0.1) is 10.1 Å². The van der Waals surface area contributed by atoms with Crippen LogP contribution in [0.1, 0.15) is 23.1 Å². The van der Waals surface area contributed by atoms with Crippen LogP contribution in [0.5, 0.6) is 0 Å². The van der Waals surface area contributed by atoms with E-state index in [2.05, 4.69) is 10.3 Å². The van der Waals surface area contributed by atoms with Crippen LogP contribution < -0.4 is 5.32 Å². The number of carbonyl (C=O) groups is 2. The van der Waals surface area contributed by atoms with Crippen molar-refractivity contribution < 1.29 is 19.2 Å². The first-order valence-corrected chi connectivity index (χ1v) is 9.41. The molecule has 146 valence electrons. The number of hydrogen-bond acceptors (Lipinski definition) is 7. The quantitative estimate of drug-likeness (QED) is 0.466. The average molecular weight is 402 g/mol. The molecule has 0 aliphatic carbocycles. The number of nitrogens with zero attached hydrogens (tertiary/aromatic N) is 3. The van der Waals surface area contributed by atoms with E-state index in [1.807, 2.05) is 0 Å². The summed E-state index contributed by atoms with van der Waals surface area (Å²) in [5.41, 5.74) is 1.37. The second-order valence-corrected chi connectivity index (χ2v) is 7.02. The third-order valence-corrected chi connectivity index (χ3v) is 4.99. The lowest BCUT2D eigenvalue weighted by Gasteiger charge is -2.24. The highest BCUT2D eigenvalue weighted by Gasteiger charge is 2.25. The van der Waals surface area contributed by atoms with Crippen molar-refractivity contribution in [3.05, 3.63) is 56.6 Å². The Balaban J connectivity index is 1.62. The fourth-order valence-corrected chi connectivity index (χ4v) is 3.71. The Kier molecular flexibility index (Phi) is 5.99. The lowest BCUT2D eigenvalue weighted by Crippen LogP contribution is -2.35. The summed E-state index contributed by atoms with van der Waals surface area (Å²) in [5, 5.41) is 13.9. The normalized spacial score (nSPS) is 13.2.